The van der Waals surface area contributed by atoms with Gasteiger partial charge >= 0.3 is 0 Å². The normalized spacial score (nSPS) is 12.4. The Kier molecular flexibility index (Phi) is 5.45. The highest BCUT2D eigenvalue weighted by molar-refractivity contribution is 6.06. The second kappa shape index (κ2) is 7.80. The molecule has 0 fully saturated rings. The topological polar surface area (TPSA) is 77.9 Å². The molecule has 0 aliphatic carbocycles. The first kappa shape index (κ1) is 19.5. The Labute approximate surface area is 165 Å². The zero-order valence-electron chi connectivity index (χ0n) is 16.7. The van der Waals surface area contributed by atoms with Gasteiger partial charge in [0.15, 0.2) is 5.96 Å². The zero-order chi connectivity index (χ0) is 20.3. The number of nitrogens with zero attached hydrogens (tertiary/aromatic N) is 1. The highest BCUT2D eigenvalue weighted by Gasteiger charge is 2.25. The van der Waals surface area contributed by atoms with Crippen molar-refractivity contribution >= 4 is 29.0 Å². The lowest BCUT2D eigenvalue weighted by Gasteiger charge is -2.29. The van der Waals surface area contributed by atoms with Crippen LogP contribution in [0.5, 0.6) is 0 Å². The van der Waals surface area contributed by atoms with Crippen molar-refractivity contribution in [2.45, 2.75) is 33.6 Å². The molecule has 5 nitrogen and oxygen atoms in total. The van der Waals surface area contributed by atoms with E-state index in [1.54, 1.807) is 0 Å². The molecule has 5 heteroatoms. The molecule has 3 rings (SSSR count). The van der Waals surface area contributed by atoms with E-state index in [0.29, 0.717) is 6.41 Å². The SMILES string of the molecule is CC(c1cccc2nc(-c3ccccc3)cc(NC(=N)NC=O)c12)C(C)(C)C. The van der Waals surface area contributed by atoms with Gasteiger partial charge in [-0.25, -0.2) is 4.98 Å². The summed E-state index contributed by atoms with van der Waals surface area (Å²) in [6.07, 6.45) is 0.496. The zero-order valence-corrected chi connectivity index (χ0v) is 16.7. The van der Waals surface area contributed by atoms with Crippen LogP contribution in [0, 0.1) is 10.8 Å². The summed E-state index contributed by atoms with van der Waals surface area (Å²) in [5.41, 5.74) is 4.66. The number of hydrogen-bond donors (Lipinski definition) is 3. The van der Waals surface area contributed by atoms with Crippen molar-refractivity contribution in [3.63, 3.8) is 0 Å². The number of benzene rings is 2. The highest BCUT2D eigenvalue weighted by Crippen LogP contribution is 2.40. The lowest BCUT2D eigenvalue weighted by Crippen LogP contribution is -2.28. The Balaban J connectivity index is 2.25. The van der Waals surface area contributed by atoms with E-state index in [4.69, 9.17) is 10.4 Å². The number of carbonyl (C=O) groups excluding carboxylic acids is 1. The van der Waals surface area contributed by atoms with Gasteiger partial charge in [-0.2, -0.15) is 0 Å². The number of pyridine rings is 1. The van der Waals surface area contributed by atoms with Gasteiger partial charge in [0.05, 0.1) is 16.9 Å². The molecule has 0 saturated heterocycles. The van der Waals surface area contributed by atoms with Crippen molar-refractivity contribution in [3.8, 4) is 11.3 Å². The molecule has 3 aromatic rings. The Bertz CT molecular complexity index is 1010. The van der Waals surface area contributed by atoms with Gasteiger partial charge in [-0.3, -0.25) is 15.5 Å². The van der Waals surface area contributed by atoms with E-state index in [1.165, 1.54) is 5.56 Å². The minimum atomic E-state index is -0.0697. The van der Waals surface area contributed by atoms with E-state index < -0.39 is 0 Å². The number of aromatic nitrogens is 1. The molecule has 0 bridgehead atoms. The van der Waals surface area contributed by atoms with Crippen molar-refractivity contribution in [1.29, 1.82) is 5.41 Å². The number of nitrogens with one attached hydrogen (secondary N) is 3. The molecule has 1 heterocycles. The second-order valence-electron chi connectivity index (χ2n) is 8.01. The maximum atomic E-state index is 10.8. The van der Waals surface area contributed by atoms with Gasteiger partial charge in [-0.05, 0) is 29.0 Å². The number of guanidine groups is 1. The maximum Gasteiger partial charge on any atom is 0.213 e. The molecule has 3 N–H and O–H groups in total. The Morgan fingerprint density at radius 1 is 1.11 bits per heavy atom. The van der Waals surface area contributed by atoms with Gasteiger partial charge in [-0.1, -0.05) is 70.2 Å². The third kappa shape index (κ3) is 4.03. The van der Waals surface area contributed by atoms with Crippen LogP contribution in [0.2, 0.25) is 0 Å². The minimum Gasteiger partial charge on any atom is -0.325 e. The molecule has 0 radical (unpaired) electrons. The smallest absolute Gasteiger partial charge is 0.213 e. The summed E-state index contributed by atoms with van der Waals surface area (Å²) in [5, 5.41) is 14.4. The fourth-order valence-corrected chi connectivity index (χ4v) is 3.23. The van der Waals surface area contributed by atoms with Crippen LogP contribution in [0.4, 0.5) is 5.69 Å². The number of anilines is 1. The highest BCUT2D eigenvalue weighted by atomic mass is 16.1. The number of carbonyl (C=O) groups is 1. The molecule has 1 amide bonds. The summed E-state index contributed by atoms with van der Waals surface area (Å²) in [6.45, 7) is 8.85. The van der Waals surface area contributed by atoms with E-state index in [0.717, 1.165) is 27.8 Å². The Morgan fingerprint density at radius 2 is 1.82 bits per heavy atom. The summed E-state index contributed by atoms with van der Waals surface area (Å²) in [5.74, 6) is 0.203. The van der Waals surface area contributed by atoms with Crippen LogP contribution in [0.25, 0.3) is 22.2 Å². The first-order chi connectivity index (χ1) is 13.3. The molecule has 0 aliphatic rings. The predicted molar refractivity (Wildman–Crippen MR) is 116 cm³/mol. The molecule has 144 valence electrons. The van der Waals surface area contributed by atoms with Crippen LogP contribution in [-0.4, -0.2) is 17.4 Å². The van der Waals surface area contributed by atoms with Gasteiger partial charge in [0, 0.05) is 10.9 Å². The first-order valence-corrected chi connectivity index (χ1v) is 9.36. The molecule has 0 aliphatic heterocycles. The summed E-state index contributed by atoms with van der Waals surface area (Å²) < 4.78 is 0. The second-order valence-corrected chi connectivity index (χ2v) is 8.01. The summed E-state index contributed by atoms with van der Waals surface area (Å²) >= 11 is 0. The summed E-state index contributed by atoms with van der Waals surface area (Å²) in [6, 6.07) is 18.0. The number of amides is 1. The van der Waals surface area contributed by atoms with E-state index in [9.17, 15) is 4.79 Å². The van der Waals surface area contributed by atoms with Crippen molar-refractivity contribution in [2.75, 3.05) is 5.32 Å². The van der Waals surface area contributed by atoms with Gasteiger partial charge < -0.3 is 5.32 Å². The molecule has 1 atom stereocenters. The van der Waals surface area contributed by atoms with Crippen LogP contribution in [-0.2, 0) is 4.79 Å². The van der Waals surface area contributed by atoms with Crippen LogP contribution in [0.15, 0.2) is 54.6 Å². The van der Waals surface area contributed by atoms with Crippen molar-refractivity contribution in [1.82, 2.24) is 10.3 Å². The lowest BCUT2D eigenvalue weighted by atomic mass is 9.76. The van der Waals surface area contributed by atoms with Gasteiger partial charge in [-0.15, -0.1) is 0 Å². The van der Waals surface area contributed by atoms with E-state index in [1.807, 2.05) is 48.5 Å². The molecule has 28 heavy (non-hydrogen) atoms. The first-order valence-electron chi connectivity index (χ1n) is 9.36. The monoisotopic (exact) mass is 374 g/mol. The van der Waals surface area contributed by atoms with Crippen LogP contribution < -0.4 is 10.6 Å². The summed E-state index contributed by atoms with van der Waals surface area (Å²) in [7, 11) is 0. The largest absolute Gasteiger partial charge is 0.325 e. The van der Waals surface area contributed by atoms with E-state index in [2.05, 4.69) is 44.4 Å². The molecular formula is C23H26N4O. The minimum absolute atomic E-state index is 0.0677. The van der Waals surface area contributed by atoms with Crippen LogP contribution in [0.3, 0.4) is 0 Å². The summed E-state index contributed by atoms with van der Waals surface area (Å²) in [4.78, 5) is 15.6. The fraction of sp³-hybridized carbons (Fsp3) is 0.261. The lowest BCUT2D eigenvalue weighted by molar-refractivity contribution is -0.108. The van der Waals surface area contributed by atoms with Crippen LogP contribution in [0.1, 0.15) is 39.2 Å². The van der Waals surface area contributed by atoms with Crippen LogP contribution >= 0.6 is 0 Å². The van der Waals surface area contributed by atoms with E-state index >= 15 is 0 Å². The number of rotatable bonds is 4. The molecule has 1 unspecified atom stereocenters. The molecule has 0 spiro atoms. The number of hydrogen-bond acceptors (Lipinski definition) is 3. The molecule has 2 aromatic carbocycles. The van der Waals surface area contributed by atoms with Gasteiger partial charge in [0.1, 0.15) is 0 Å². The molecule has 1 aromatic heterocycles. The standard InChI is InChI=1S/C23H26N4O/c1-15(23(2,3)4)17-11-8-12-18-21(17)20(27-22(24)25-14-28)13-19(26-18)16-9-6-5-7-10-16/h5-15H,1-4H3,(H3,24,25,26,27,28). The van der Waals surface area contributed by atoms with Gasteiger partial charge in [0.25, 0.3) is 0 Å². The molecular weight excluding hydrogens is 348 g/mol. The predicted octanol–water partition coefficient (Wildman–Crippen LogP) is 5.14. The Morgan fingerprint density at radius 3 is 2.46 bits per heavy atom. The number of fused-ring (bicyclic) bond motifs is 1. The molecule has 0 saturated carbocycles. The Hall–Kier alpha value is -3.21. The third-order valence-corrected chi connectivity index (χ3v) is 5.16. The van der Waals surface area contributed by atoms with Crippen molar-refractivity contribution < 1.29 is 4.79 Å². The van der Waals surface area contributed by atoms with Gasteiger partial charge in [0.2, 0.25) is 6.41 Å². The van der Waals surface area contributed by atoms with Crippen molar-refractivity contribution in [2.24, 2.45) is 5.41 Å². The van der Waals surface area contributed by atoms with Crippen molar-refractivity contribution in [3.05, 3.63) is 60.2 Å². The fourth-order valence-electron chi connectivity index (χ4n) is 3.23. The quantitative estimate of drug-likeness (QED) is 0.336. The average Bonchev–Trinajstić information content (AvgIpc) is 2.67. The maximum absolute atomic E-state index is 10.8. The average molecular weight is 374 g/mol. The third-order valence-electron chi connectivity index (χ3n) is 5.16. The van der Waals surface area contributed by atoms with E-state index in [-0.39, 0.29) is 17.3 Å².